The molecule has 0 saturated carbocycles. The van der Waals surface area contributed by atoms with Crippen molar-refractivity contribution in [1.82, 2.24) is 0 Å². The van der Waals surface area contributed by atoms with Crippen LogP contribution in [0.25, 0.3) is 0 Å². The molecule has 3 nitrogen and oxygen atoms in total. The Morgan fingerprint density at radius 1 is 1.28 bits per heavy atom. The number of rotatable bonds is 3. The van der Waals surface area contributed by atoms with Gasteiger partial charge in [-0.05, 0) is 24.0 Å². The summed E-state index contributed by atoms with van der Waals surface area (Å²) in [7, 11) is 0. The Balaban J connectivity index is 2.08. The van der Waals surface area contributed by atoms with E-state index in [4.69, 9.17) is 0 Å². The third kappa shape index (κ3) is 3.45. The Labute approximate surface area is 153 Å². The van der Waals surface area contributed by atoms with Gasteiger partial charge in [0.25, 0.3) is 0 Å². The van der Waals surface area contributed by atoms with Crippen LogP contribution in [0, 0.1) is 6.92 Å². The van der Waals surface area contributed by atoms with Crippen LogP contribution in [-0.2, 0) is 10.2 Å². The first-order valence-corrected chi connectivity index (χ1v) is 9.30. The normalized spacial score (nSPS) is 14.8. The number of benzene rings is 1. The number of carbonyl (C=O) groups is 1. The Hall–Kier alpha value is -2.20. The summed E-state index contributed by atoms with van der Waals surface area (Å²) in [6, 6.07) is 10.7. The minimum Gasteiger partial charge on any atom is -0.298 e. The van der Waals surface area contributed by atoms with Crippen LogP contribution >= 0.6 is 11.3 Å². The van der Waals surface area contributed by atoms with E-state index in [1.807, 2.05) is 0 Å². The van der Waals surface area contributed by atoms with Crippen molar-refractivity contribution < 1.29 is 4.79 Å². The third-order valence-corrected chi connectivity index (χ3v) is 5.42. The first-order chi connectivity index (χ1) is 11.8. The van der Waals surface area contributed by atoms with Gasteiger partial charge in [0.1, 0.15) is 11.5 Å². The zero-order valence-corrected chi connectivity index (χ0v) is 16.1. The number of nitrogens with zero attached hydrogens (tertiary/aromatic N) is 2. The lowest BCUT2D eigenvalue weighted by atomic mass is 9.86. The molecule has 2 heterocycles. The van der Waals surface area contributed by atoms with E-state index in [9.17, 15) is 4.79 Å². The fourth-order valence-corrected chi connectivity index (χ4v) is 4.03. The molecule has 0 spiro atoms. The van der Waals surface area contributed by atoms with Crippen molar-refractivity contribution in [2.75, 3.05) is 18.0 Å². The molecule has 0 atom stereocenters. The zero-order valence-electron chi connectivity index (χ0n) is 15.3. The summed E-state index contributed by atoms with van der Waals surface area (Å²) in [4.78, 5) is 20.1. The molecule has 0 bridgehead atoms. The monoisotopic (exact) mass is 352 g/mol. The second-order valence-corrected chi connectivity index (χ2v) is 8.60. The maximum absolute atomic E-state index is 12.5. The first kappa shape index (κ1) is 17.6. The summed E-state index contributed by atoms with van der Waals surface area (Å²) in [6.45, 7) is 13.1. The predicted molar refractivity (Wildman–Crippen MR) is 107 cm³/mol. The molecule has 0 radical (unpaired) electrons. The Kier molecular flexibility index (Phi) is 4.65. The minimum absolute atomic E-state index is 0.0179. The number of carbonyl (C=O) groups excluding carboxylic acids is 1. The second-order valence-electron chi connectivity index (χ2n) is 7.36. The van der Waals surface area contributed by atoms with Crippen LogP contribution in [0.5, 0.6) is 0 Å². The van der Waals surface area contributed by atoms with Gasteiger partial charge >= 0.3 is 0 Å². The minimum atomic E-state index is 0.0179. The largest absolute Gasteiger partial charge is 0.298 e. The smallest absolute Gasteiger partial charge is 0.249 e. The Morgan fingerprint density at radius 3 is 2.56 bits per heavy atom. The van der Waals surface area contributed by atoms with Crippen LogP contribution in [0.2, 0.25) is 0 Å². The van der Waals surface area contributed by atoms with Gasteiger partial charge in [-0.25, -0.2) is 0 Å². The van der Waals surface area contributed by atoms with Crippen LogP contribution in [0.1, 0.15) is 42.3 Å². The molecule has 25 heavy (non-hydrogen) atoms. The molecular formula is C21H24N2OS. The molecule has 1 aromatic carbocycles. The maximum Gasteiger partial charge on any atom is 0.249 e. The van der Waals surface area contributed by atoms with E-state index in [1.165, 1.54) is 10.4 Å². The molecule has 0 N–H and O–H groups in total. The van der Waals surface area contributed by atoms with Gasteiger partial charge < -0.3 is 0 Å². The van der Waals surface area contributed by atoms with Gasteiger partial charge in [0.05, 0.1) is 5.71 Å². The average molecular weight is 353 g/mol. The number of thiophene rings is 1. The van der Waals surface area contributed by atoms with Crippen LogP contribution in [0.4, 0.5) is 5.00 Å². The highest BCUT2D eigenvalue weighted by Crippen LogP contribution is 2.35. The Morgan fingerprint density at radius 2 is 1.96 bits per heavy atom. The molecule has 1 aliphatic rings. The molecule has 0 saturated heterocycles. The maximum atomic E-state index is 12.5. The van der Waals surface area contributed by atoms with Gasteiger partial charge in [-0.3, -0.25) is 14.7 Å². The fourth-order valence-electron chi connectivity index (χ4n) is 2.99. The van der Waals surface area contributed by atoms with Gasteiger partial charge in [0.2, 0.25) is 5.91 Å². The molecule has 2 aromatic rings. The predicted octanol–water partition coefficient (Wildman–Crippen LogP) is 4.72. The standard InChI is InChI=1S/C21H24N2OS/c1-6-11-23-18(24)13-22-19(17-12-14(2)25-20(17)23)15-7-9-16(10-8-15)21(3,4)5/h6-10,12H,1,11,13H2,2-5H3. The molecule has 0 unspecified atom stereocenters. The second kappa shape index (κ2) is 6.60. The van der Waals surface area contributed by atoms with Crippen LogP contribution in [-0.4, -0.2) is 24.7 Å². The van der Waals surface area contributed by atoms with Gasteiger partial charge in [-0.2, -0.15) is 0 Å². The highest BCUT2D eigenvalue weighted by molar-refractivity contribution is 7.16. The van der Waals surface area contributed by atoms with Gasteiger partial charge in [-0.15, -0.1) is 17.9 Å². The van der Waals surface area contributed by atoms with Crippen LogP contribution in [0.3, 0.4) is 0 Å². The first-order valence-electron chi connectivity index (χ1n) is 8.48. The molecule has 1 amide bonds. The van der Waals surface area contributed by atoms with Crippen molar-refractivity contribution >= 4 is 28.0 Å². The van der Waals surface area contributed by atoms with E-state index in [-0.39, 0.29) is 17.9 Å². The lowest BCUT2D eigenvalue weighted by Gasteiger charge is -2.19. The summed E-state index contributed by atoms with van der Waals surface area (Å²) in [5, 5.41) is 0.971. The molecule has 1 aromatic heterocycles. The van der Waals surface area contributed by atoms with E-state index < -0.39 is 0 Å². The molecule has 1 aliphatic heterocycles. The third-order valence-electron chi connectivity index (χ3n) is 4.35. The number of hydrogen-bond acceptors (Lipinski definition) is 3. The van der Waals surface area contributed by atoms with Gasteiger partial charge in [0.15, 0.2) is 0 Å². The highest BCUT2D eigenvalue weighted by atomic mass is 32.1. The van der Waals surface area contributed by atoms with Crippen LogP contribution < -0.4 is 4.90 Å². The van der Waals surface area contributed by atoms with Crippen molar-refractivity contribution in [3.8, 4) is 0 Å². The zero-order chi connectivity index (χ0) is 18.2. The lowest BCUT2D eigenvalue weighted by Crippen LogP contribution is -2.31. The van der Waals surface area contributed by atoms with E-state index >= 15 is 0 Å². The Bertz CT molecular complexity index is 838. The SMILES string of the molecule is C=CCN1C(=O)CN=C(c2ccc(C(C)(C)C)cc2)c2cc(C)sc21. The molecule has 4 heteroatoms. The van der Waals surface area contributed by atoms with Crippen molar-refractivity contribution in [3.05, 3.63) is 64.6 Å². The van der Waals surface area contributed by atoms with Crippen molar-refractivity contribution in [2.45, 2.75) is 33.1 Å². The quantitative estimate of drug-likeness (QED) is 0.736. The number of aliphatic imine (C=N–C) groups is 1. The fraction of sp³-hybridized carbons (Fsp3) is 0.333. The molecule has 130 valence electrons. The average Bonchev–Trinajstić information content (AvgIpc) is 2.88. The van der Waals surface area contributed by atoms with E-state index in [1.54, 1.807) is 22.3 Å². The highest BCUT2D eigenvalue weighted by Gasteiger charge is 2.26. The molecular weight excluding hydrogens is 328 g/mol. The van der Waals surface area contributed by atoms with Gasteiger partial charge in [-0.1, -0.05) is 51.1 Å². The number of fused-ring (bicyclic) bond motifs is 1. The lowest BCUT2D eigenvalue weighted by molar-refractivity contribution is -0.117. The number of amides is 1. The number of hydrogen-bond donors (Lipinski definition) is 0. The molecule has 0 fully saturated rings. The van der Waals surface area contributed by atoms with Crippen molar-refractivity contribution in [1.29, 1.82) is 0 Å². The number of aryl methyl sites for hydroxylation is 1. The topological polar surface area (TPSA) is 32.7 Å². The number of anilines is 1. The van der Waals surface area contributed by atoms with Crippen LogP contribution in [0.15, 0.2) is 48.0 Å². The van der Waals surface area contributed by atoms with Crippen molar-refractivity contribution in [3.63, 3.8) is 0 Å². The van der Waals surface area contributed by atoms with Crippen molar-refractivity contribution in [2.24, 2.45) is 4.99 Å². The summed E-state index contributed by atoms with van der Waals surface area (Å²) < 4.78 is 0. The summed E-state index contributed by atoms with van der Waals surface area (Å²) in [5.41, 5.74) is 4.40. The van der Waals surface area contributed by atoms with E-state index in [0.29, 0.717) is 6.54 Å². The summed E-state index contributed by atoms with van der Waals surface area (Å²) in [6.07, 6.45) is 1.76. The van der Waals surface area contributed by atoms with Gasteiger partial charge in [0, 0.05) is 22.5 Å². The summed E-state index contributed by atoms with van der Waals surface area (Å²) in [5.74, 6) is 0.0179. The summed E-state index contributed by atoms with van der Waals surface area (Å²) >= 11 is 1.64. The van der Waals surface area contributed by atoms with E-state index in [0.717, 1.165) is 21.8 Å². The molecule has 3 rings (SSSR count). The van der Waals surface area contributed by atoms with E-state index in [2.05, 4.69) is 69.6 Å². The molecule has 0 aliphatic carbocycles.